The lowest BCUT2D eigenvalue weighted by Gasteiger charge is -2.28. The summed E-state index contributed by atoms with van der Waals surface area (Å²) in [5.41, 5.74) is 0. The van der Waals surface area contributed by atoms with E-state index in [1.165, 1.54) is 0 Å². The first-order chi connectivity index (χ1) is 7.76. The normalized spacial score (nSPS) is 24.7. The van der Waals surface area contributed by atoms with Crippen LogP contribution in [0.5, 0.6) is 0 Å². The van der Waals surface area contributed by atoms with Gasteiger partial charge in [0, 0.05) is 31.1 Å². The molecule has 0 aromatic rings. The van der Waals surface area contributed by atoms with Crippen LogP contribution < -0.4 is 10.6 Å². The van der Waals surface area contributed by atoms with Crippen molar-refractivity contribution < 1.29 is 4.74 Å². The molecule has 0 bridgehead atoms. The SMILES string of the molecule is C#CCC(CC)NC(C)CC1COCCN1. The molecule has 3 heteroatoms. The summed E-state index contributed by atoms with van der Waals surface area (Å²) >= 11 is 0. The summed E-state index contributed by atoms with van der Waals surface area (Å²) in [4.78, 5) is 0. The Bertz CT molecular complexity index is 218. The molecule has 0 saturated carbocycles. The van der Waals surface area contributed by atoms with Crippen LogP contribution in [0.1, 0.15) is 33.1 Å². The van der Waals surface area contributed by atoms with Crippen LogP contribution in [0.2, 0.25) is 0 Å². The molecule has 1 aliphatic heterocycles. The first-order valence-corrected chi connectivity index (χ1v) is 6.26. The van der Waals surface area contributed by atoms with Gasteiger partial charge in [-0.3, -0.25) is 0 Å². The molecule has 0 radical (unpaired) electrons. The average Bonchev–Trinajstić information content (AvgIpc) is 2.29. The van der Waals surface area contributed by atoms with Crippen molar-refractivity contribution in [2.75, 3.05) is 19.8 Å². The third kappa shape index (κ3) is 4.98. The Labute approximate surface area is 99.3 Å². The highest BCUT2D eigenvalue weighted by Gasteiger charge is 2.17. The van der Waals surface area contributed by atoms with Crippen molar-refractivity contribution in [2.24, 2.45) is 0 Å². The fourth-order valence-electron chi connectivity index (χ4n) is 2.13. The molecule has 3 nitrogen and oxygen atoms in total. The fourth-order valence-corrected chi connectivity index (χ4v) is 2.13. The van der Waals surface area contributed by atoms with Crippen molar-refractivity contribution in [3.8, 4) is 12.3 Å². The number of hydrogen-bond donors (Lipinski definition) is 2. The lowest BCUT2D eigenvalue weighted by Crippen LogP contribution is -2.46. The molecule has 1 heterocycles. The van der Waals surface area contributed by atoms with E-state index in [9.17, 15) is 0 Å². The topological polar surface area (TPSA) is 33.3 Å². The van der Waals surface area contributed by atoms with E-state index in [-0.39, 0.29) is 0 Å². The molecule has 1 fully saturated rings. The van der Waals surface area contributed by atoms with Crippen LogP contribution in [0.3, 0.4) is 0 Å². The molecule has 92 valence electrons. The van der Waals surface area contributed by atoms with Crippen molar-refractivity contribution in [1.29, 1.82) is 0 Å². The van der Waals surface area contributed by atoms with Gasteiger partial charge in [0.15, 0.2) is 0 Å². The van der Waals surface area contributed by atoms with Gasteiger partial charge in [0.2, 0.25) is 0 Å². The molecule has 1 aliphatic rings. The lowest BCUT2D eigenvalue weighted by molar-refractivity contribution is 0.0707. The van der Waals surface area contributed by atoms with E-state index < -0.39 is 0 Å². The van der Waals surface area contributed by atoms with Crippen LogP contribution in [0.4, 0.5) is 0 Å². The maximum atomic E-state index is 5.44. The Morgan fingerprint density at radius 1 is 1.62 bits per heavy atom. The second-order valence-corrected chi connectivity index (χ2v) is 4.54. The molecule has 3 atom stereocenters. The average molecular weight is 224 g/mol. The van der Waals surface area contributed by atoms with Crippen molar-refractivity contribution in [3.63, 3.8) is 0 Å². The van der Waals surface area contributed by atoms with E-state index >= 15 is 0 Å². The molecule has 0 aromatic heterocycles. The first kappa shape index (κ1) is 13.5. The molecule has 0 aliphatic carbocycles. The first-order valence-electron chi connectivity index (χ1n) is 6.26. The Morgan fingerprint density at radius 3 is 3.00 bits per heavy atom. The number of hydrogen-bond acceptors (Lipinski definition) is 3. The predicted octanol–water partition coefficient (Wildman–Crippen LogP) is 1.14. The molecular weight excluding hydrogens is 200 g/mol. The van der Waals surface area contributed by atoms with Gasteiger partial charge < -0.3 is 15.4 Å². The molecular formula is C13H24N2O. The van der Waals surface area contributed by atoms with Gasteiger partial charge >= 0.3 is 0 Å². The minimum Gasteiger partial charge on any atom is -0.379 e. The van der Waals surface area contributed by atoms with Gasteiger partial charge in [0.25, 0.3) is 0 Å². The minimum atomic E-state index is 0.449. The Balaban J connectivity index is 2.22. The van der Waals surface area contributed by atoms with Crippen LogP contribution in [0.15, 0.2) is 0 Å². The molecule has 0 aromatic carbocycles. The number of morpholine rings is 1. The van der Waals surface area contributed by atoms with Crippen LogP contribution in [-0.4, -0.2) is 37.9 Å². The molecule has 3 unspecified atom stereocenters. The zero-order chi connectivity index (χ0) is 11.8. The second kappa shape index (κ2) is 7.67. The highest BCUT2D eigenvalue weighted by Crippen LogP contribution is 2.05. The third-order valence-electron chi connectivity index (χ3n) is 3.01. The van der Waals surface area contributed by atoms with Crippen molar-refractivity contribution in [1.82, 2.24) is 10.6 Å². The number of nitrogens with one attached hydrogen (secondary N) is 2. The van der Waals surface area contributed by atoms with Crippen molar-refractivity contribution in [2.45, 2.75) is 51.2 Å². The summed E-state index contributed by atoms with van der Waals surface area (Å²) in [6, 6.07) is 1.42. The van der Waals surface area contributed by atoms with Crippen LogP contribution in [0, 0.1) is 12.3 Å². The van der Waals surface area contributed by atoms with Gasteiger partial charge in [-0.2, -0.15) is 0 Å². The molecule has 2 N–H and O–H groups in total. The standard InChI is InChI=1S/C13H24N2O/c1-4-6-12(5-2)15-11(3)9-13-10-16-8-7-14-13/h1,11-15H,5-10H2,2-3H3. The molecule has 0 spiro atoms. The Morgan fingerprint density at radius 2 is 2.44 bits per heavy atom. The quantitative estimate of drug-likeness (QED) is 0.664. The number of rotatable bonds is 6. The molecule has 0 amide bonds. The van der Waals surface area contributed by atoms with Gasteiger partial charge in [0.05, 0.1) is 13.2 Å². The maximum Gasteiger partial charge on any atom is 0.0620 e. The Kier molecular flexibility index (Phi) is 6.47. The van der Waals surface area contributed by atoms with E-state index in [4.69, 9.17) is 11.2 Å². The second-order valence-electron chi connectivity index (χ2n) is 4.54. The number of ether oxygens (including phenoxy) is 1. The number of terminal acetylenes is 1. The molecule has 16 heavy (non-hydrogen) atoms. The zero-order valence-corrected chi connectivity index (χ0v) is 10.5. The third-order valence-corrected chi connectivity index (χ3v) is 3.01. The maximum absolute atomic E-state index is 5.44. The van der Waals surface area contributed by atoms with Crippen LogP contribution >= 0.6 is 0 Å². The highest BCUT2D eigenvalue weighted by molar-refractivity contribution is 4.90. The monoisotopic (exact) mass is 224 g/mol. The van der Waals surface area contributed by atoms with E-state index in [0.29, 0.717) is 18.1 Å². The van der Waals surface area contributed by atoms with E-state index in [1.807, 2.05) is 0 Å². The van der Waals surface area contributed by atoms with E-state index in [1.54, 1.807) is 0 Å². The van der Waals surface area contributed by atoms with E-state index in [2.05, 4.69) is 30.4 Å². The van der Waals surface area contributed by atoms with Gasteiger partial charge in [-0.05, 0) is 19.8 Å². The zero-order valence-electron chi connectivity index (χ0n) is 10.5. The Hall–Kier alpha value is -0.560. The molecule has 1 rings (SSSR count). The smallest absolute Gasteiger partial charge is 0.0620 e. The van der Waals surface area contributed by atoms with Gasteiger partial charge in [-0.25, -0.2) is 0 Å². The van der Waals surface area contributed by atoms with Crippen LogP contribution in [-0.2, 0) is 4.74 Å². The summed E-state index contributed by atoms with van der Waals surface area (Å²) in [6.07, 6.45) is 8.34. The highest BCUT2D eigenvalue weighted by atomic mass is 16.5. The van der Waals surface area contributed by atoms with Gasteiger partial charge in [-0.1, -0.05) is 6.92 Å². The molecule has 1 saturated heterocycles. The van der Waals surface area contributed by atoms with Gasteiger partial charge in [-0.15, -0.1) is 12.3 Å². The largest absolute Gasteiger partial charge is 0.379 e. The van der Waals surface area contributed by atoms with E-state index in [0.717, 1.165) is 39.0 Å². The van der Waals surface area contributed by atoms with Crippen molar-refractivity contribution in [3.05, 3.63) is 0 Å². The predicted molar refractivity (Wildman–Crippen MR) is 67.4 cm³/mol. The minimum absolute atomic E-state index is 0.449. The summed E-state index contributed by atoms with van der Waals surface area (Å²) in [7, 11) is 0. The summed E-state index contributed by atoms with van der Waals surface area (Å²) in [5, 5.41) is 7.04. The lowest BCUT2D eigenvalue weighted by atomic mass is 10.1. The van der Waals surface area contributed by atoms with Crippen molar-refractivity contribution >= 4 is 0 Å². The summed E-state index contributed by atoms with van der Waals surface area (Å²) < 4.78 is 5.44. The fraction of sp³-hybridized carbons (Fsp3) is 0.846. The van der Waals surface area contributed by atoms with Crippen LogP contribution in [0.25, 0.3) is 0 Å². The summed E-state index contributed by atoms with van der Waals surface area (Å²) in [6.45, 7) is 7.03. The summed E-state index contributed by atoms with van der Waals surface area (Å²) in [5.74, 6) is 2.72. The van der Waals surface area contributed by atoms with Gasteiger partial charge in [0.1, 0.15) is 0 Å².